The molecule has 2 N–H and O–H groups in total. The number of benzene rings is 1. The number of hydrogen-bond donors (Lipinski definition) is 2. The van der Waals surface area contributed by atoms with E-state index in [1.165, 1.54) is 0 Å². The van der Waals surface area contributed by atoms with Gasteiger partial charge in [0.1, 0.15) is 5.75 Å². The van der Waals surface area contributed by atoms with E-state index in [-0.39, 0.29) is 17.2 Å². The van der Waals surface area contributed by atoms with Crippen molar-refractivity contribution in [1.29, 1.82) is 0 Å². The molecule has 2 amide bonds. The normalized spacial score (nSPS) is 14.4. The van der Waals surface area contributed by atoms with Crippen molar-refractivity contribution in [2.24, 2.45) is 5.41 Å². The Morgan fingerprint density at radius 2 is 2.14 bits per heavy atom. The Bertz CT molecular complexity index is 562. The molecule has 1 heterocycles. The molecule has 22 heavy (non-hydrogen) atoms. The van der Waals surface area contributed by atoms with Crippen LogP contribution in [0.2, 0.25) is 0 Å². The van der Waals surface area contributed by atoms with E-state index in [1.54, 1.807) is 0 Å². The van der Waals surface area contributed by atoms with Crippen LogP contribution < -0.4 is 15.4 Å². The molecule has 5 heteroatoms. The van der Waals surface area contributed by atoms with E-state index >= 15 is 0 Å². The number of amides is 2. The first kappa shape index (κ1) is 16.3. The highest BCUT2D eigenvalue weighted by atomic mass is 16.5. The van der Waals surface area contributed by atoms with E-state index in [0.717, 1.165) is 12.0 Å². The number of anilines is 1. The van der Waals surface area contributed by atoms with Gasteiger partial charge in [0, 0.05) is 13.0 Å². The molecule has 1 aliphatic rings. The number of hydrogen-bond acceptors (Lipinski definition) is 3. The van der Waals surface area contributed by atoms with Crippen LogP contribution in [0.1, 0.15) is 39.2 Å². The second kappa shape index (κ2) is 6.81. The van der Waals surface area contributed by atoms with Crippen LogP contribution in [0.5, 0.6) is 5.75 Å². The first-order valence-electron chi connectivity index (χ1n) is 7.66. The third-order valence-electron chi connectivity index (χ3n) is 3.33. The zero-order valence-electron chi connectivity index (χ0n) is 13.5. The van der Waals surface area contributed by atoms with Crippen LogP contribution in [0.15, 0.2) is 18.2 Å². The molecule has 0 aromatic heterocycles. The molecular formula is C17H24N2O3. The third kappa shape index (κ3) is 5.06. The smallest absolute Gasteiger partial charge is 0.227 e. The summed E-state index contributed by atoms with van der Waals surface area (Å²) in [6.45, 7) is 7.12. The van der Waals surface area contributed by atoms with Crippen molar-refractivity contribution in [2.75, 3.05) is 18.5 Å². The van der Waals surface area contributed by atoms with E-state index in [1.807, 2.05) is 39.0 Å². The SMILES string of the molecule is CC(C)(C)CC(=O)NCCc1ccc2c(c1)NC(=O)CCO2. The zero-order valence-corrected chi connectivity index (χ0v) is 13.5. The number of rotatable bonds is 4. The lowest BCUT2D eigenvalue weighted by Crippen LogP contribution is -2.29. The van der Waals surface area contributed by atoms with Gasteiger partial charge in [0.05, 0.1) is 18.7 Å². The first-order valence-corrected chi connectivity index (χ1v) is 7.66. The Morgan fingerprint density at radius 1 is 1.36 bits per heavy atom. The molecule has 0 spiro atoms. The first-order chi connectivity index (χ1) is 10.3. The Labute approximate surface area is 131 Å². The average molecular weight is 304 g/mol. The fourth-order valence-corrected chi connectivity index (χ4v) is 2.31. The van der Waals surface area contributed by atoms with Crippen LogP contribution in [0.4, 0.5) is 5.69 Å². The molecule has 1 aromatic rings. The quantitative estimate of drug-likeness (QED) is 0.898. The zero-order chi connectivity index (χ0) is 16.2. The lowest BCUT2D eigenvalue weighted by atomic mass is 9.92. The monoisotopic (exact) mass is 304 g/mol. The lowest BCUT2D eigenvalue weighted by Gasteiger charge is -2.17. The van der Waals surface area contributed by atoms with Gasteiger partial charge in [-0.25, -0.2) is 0 Å². The van der Waals surface area contributed by atoms with Crippen molar-refractivity contribution in [1.82, 2.24) is 5.32 Å². The van der Waals surface area contributed by atoms with Crippen LogP contribution >= 0.6 is 0 Å². The summed E-state index contributed by atoms with van der Waals surface area (Å²) in [5.41, 5.74) is 1.76. The minimum absolute atomic E-state index is 0.00419. The van der Waals surface area contributed by atoms with Gasteiger partial charge in [-0.3, -0.25) is 9.59 Å². The molecule has 0 fully saturated rings. The molecule has 0 saturated carbocycles. The second-order valence-corrected chi connectivity index (χ2v) is 6.81. The maximum Gasteiger partial charge on any atom is 0.227 e. The fraction of sp³-hybridized carbons (Fsp3) is 0.529. The summed E-state index contributed by atoms with van der Waals surface area (Å²) < 4.78 is 5.52. The van der Waals surface area contributed by atoms with Gasteiger partial charge in [0.15, 0.2) is 0 Å². The molecule has 5 nitrogen and oxygen atoms in total. The number of nitrogens with one attached hydrogen (secondary N) is 2. The van der Waals surface area contributed by atoms with Crippen molar-refractivity contribution in [3.8, 4) is 5.75 Å². The van der Waals surface area contributed by atoms with Crippen LogP contribution in [0, 0.1) is 5.41 Å². The number of ether oxygens (including phenoxy) is 1. The van der Waals surface area contributed by atoms with Gasteiger partial charge in [-0.05, 0) is 29.5 Å². The van der Waals surface area contributed by atoms with E-state index in [2.05, 4.69) is 10.6 Å². The number of carbonyl (C=O) groups is 2. The predicted molar refractivity (Wildman–Crippen MR) is 86.0 cm³/mol. The summed E-state index contributed by atoms with van der Waals surface area (Å²) >= 11 is 0. The standard InChI is InChI=1S/C17H24N2O3/c1-17(2,3)11-16(21)18-8-6-12-4-5-14-13(10-12)19-15(20)7-9-22-14/h4-5,10H,6-9,11H2,1-3H3,(H,18,21)(H,19,20). The Balaban J connectivity index is 1.89. The van der Waals surface area contributed by atoms with Gasteiger partial charge in [0.25, 0.3) is 0 Å². The molecule has 0 bridgehead atoms. The second-order valence-electron chi connectivity index (χ2n) is 6.81. The van der Waals surface area contributed by atoms with Crippen LogP contribution in [0.25, 0.3) is 0 Å². The minimum atomic E-state index is -0.0330. The summed E-state index contributed by atoms with van der Waals surface area (Å²) in [7, 11) is 0. The fourth-order valence-electron chi connectivity index (χ4n) is 2.31. The summed E-state index contributed by atoms with van der Waals surface area (Å²) in [6.07, 6.45) is 1.60. The van der Waals surface area contributed by atoms with Gasteiger partial charge in [-0.15, -0.1) is 0 Å². The molecule has 2 rings (SSSR count). The number of fused-ring (bicyclic) bond motifs is 1. The molecular weight excluding hydrogens is 280 g/mol. The molecule has 0 unspecified atom stereocenters. The van der Waals surface area contributed by atoms with E-state index in [9.17, 15) is 9.59 Å². The third-order valence-corrected chi connectivity index (χ3v) is 3.33. The van der Waals surface area contributed by atoms with Gasteiger partial charge >= 0.3 is 0 Å². The maximum atomic E-state index is 11.8. The molecule has 0 aliphatic carbocycles. The summed E-state index contributed by atoms with van der Waals surface area (Å²) in [6, 6.07) is 5.74. The van der Waals surface area contributed by atoms with E-state index in [4.69, 9.17) is 4.74 Å². The van der Waals surface area contributed by atoms with Crippen LogP contribution in [-0.2, 0) is 16.0 Å². The highest BCUT2D eigenvalue weighted by Gasteiger charge is 2.16. The average Bonchev–Trinajstić information content (AvgIpc) is 2.56. The maximum absolute atomic E-state index is 11.8. The summed E-state index contributed by atoms with van der Waals surface area (Å²) in [5.74, 6) is 0.736. The number of carbonyl (C=O) groups excluding carboxylic acids is 2. The summed E-state index contributed by atoms with van der Waals surface area (Å²) in [5, 5.41) is 5.77. The Kier molecular flexibility index (Phi) is 5.06. The lowest BCUT2D eigenvalue weighted by molar-refractivity contribution is -0.122. The van der Waals surface area contributed by atoms with Crippen molar-refractivity contribution >= 4 is 17.5 Å². The highest BCUT2D eigenvalue weighted by molar-refractivity contribution is 5.93. The molecule has 1 aliphatic heterocycles. The van der Waals surface area contributed by atoms with Crippen molar-refractivity contribution in [3.63, 3.8) is 0 Å². The van der Waals surface area contributed by atoms with Gasteiger partial charge in [0.2, 0.25) is 11.8 Å². The van der Waals surface area contributed by atoms with E-state index < -0.39 is 0 Å². The summed E-state index contributed by atoms with van der Waals surface area (Å²) in [4.78, 5) is 23.3. The molecule has 120 valence electrons. The Hall–Kier alpha value is -2.04. The Morgan fingerprint density at radius 3 is 2.86 bits per heavy atom. The van der Waals surface area contributed by atoms with Crippen LogP contribution in [-0.4, -0.2) is 25.0 Å². The van der Waals surface area contributed by atoms with E-state index in [0.29, 0.717) is 37.4 Å². The van der Waals surface area contributed by atoms with Gasteiger partial charge < -0.3 is 15.4 Å². The van der Waals surface area contributed by atoms with Crippen molar-refractivity contribution in [3.05, 3.63) is 23.8 Å². The highest BCUT2D eigenvalue weighted by Crippen LogP contribution is 2.28. The molecule has 0 saturated heterocycles. The largest absolute Gasteiger partial charge is 0.491 e. The molecule has 0 atom stereocenters. The molecule has 0 radical (unpaired) electrons. The minimum Gasteiger partial charge on any atom is -0.491 e. The topological polar surface area (TPSA) is 67.4 Å². The van der Waals surface area contributed by atoms with Crippen molar-refractivity contribution < 1.29 is 14.3 Å². The van der Waals surface area contributed by atoms with Gasteiger partial charge in [-0.1, -0.05) is 26.8 Å². The van der Waals surface area contributed by atoms with Crippen molar-refractivity contribution in [2.45, 2.75) is 40.0 Å². The predicted octanol–water partition coefficient (Wildman–Crippen LogP) is 2.50. The molecule has 1 aromatic carbocycles. The van der Waals surface area contributed by atoms with Gasteiger partial charge in [-0.2, -0.15) is 0 Å². The van der Waals surface area contributed by atoms with Crippen LogP contribution in [0.3, 0.4) is 0 Å².